The van der Waals surface area contributed by atoms with Gasteiger partial charge in [-0.25, -0.2) is 13.4 Å². The second-order valence-electron chi connectivity index (χ2n) is 8.05. The van der Waals surface area contributed by atoms with Gasteiger partial charge in [-0.15, -0.1) is 0 Å². The fourth-order valence-electron chi connectivity index (χ4n) is 3.84. The predicted octanol–water partition coefficient (Wildman–Crippen LogP) is 3.74. The Labute approximate surface area is 190 Å². The first-order valence-corrected chi connectivity index (χ1v) is 12.8. The number of anilines is 1. The normalized spacial score (nSPS) is 17.4. The lowest BCUT2D eigenvalue weighted by atomic mass is 10.0. The summed E-state index contributed by atoms with van der Waals surface area (Å²) in [5.41, 5.74) is 1.08. The number of benzene rings is 2. The molecular weight excluding hydrogens is 450 g/mol. The highest BCUT2D eigenvalue weighted by molar-refractivity contribution is 7.89. The Hall–Kier alpha value is -2.69. The molecule has 8 nitrogen and oxygen atoms in total. The zero-order chi connectivity index (χ0) is 22.3. The van der Waals surface area contributed by atoms with Crippen LogP contribution in [0.4, 0.5) is 5.13 Å². The minimum Gasteiger partial charge on any atom is -0.486 e. The summed E-state index contributed by atoms with van der Waals surface area (Å²) in [5, 5.41) is 3.24. The summed E-state index contributed by atoms with van der Waals surface area (Å²) in [6.07, 6.45) is 1.73. The van der Waals surface area contributed by atoms with Gasteiger partial charge in [0.1, 0.15) is 13.2 Å². The van der Waals surface area contributed by atoms with Gasteiger partial charge in [0.2, 0.25) is 10.0 Å². The third-order valence-corrected chi connectivity index (χ3v) is 8.62. The van der Waals surface area contributed by atoms with E-state index in [-0.39, 0.29) is 10.8 Å². The molecule has 0 aliphatic carbocycles. The monoisotopic (exact) mass is 473 g/mol. The predicted molar refractivity (Wildman–Crippen MR) is 122 cm³/mol. The van der Waals surface area contributed by atoms with Crippen molar-refractivity contribution in [3.8, 4) is 11.5 Å². The maximum absolute atomic E-state index is 12.9. The van der Waals surface area contributed by atoms with E-state index in [0.29, 0.717) is 59.9 Å². The number of nitrogens with zero attached hydrogens (tertiary/aromatic N) is 2. The Kier molecular flexibility index (Phi) is 5.52. The Bertz CT molecular complexity index is 1220. The number of ether oxygens (including phenoxy) is 2. The van der Waals surface area contributed by atoms with Gasteiger partial charge >= 0.3 is 0 Å². The van der Waals surface area contributed by atoms with Crippen molar-refractivity contribution in [3.63, 3.8) is 0 Å². The maximum atomic E-state index is 12.9. The Morgan fingerprint density at radius 1 is 1.09 bits per heavy atom. The van der Waals surface area contributed by atoms with Crippen LogP contribution < -0.4 is 14.8 Å². The Balaban J connectivity index is 1.31. The Morgan fingerprint density at radius 2 is 1.75 bits per heavy atom. The van der Waals surface area contributed by atoms with Crippen molar-refractivity contribution in [2.75, 3.05) is 31.6 Å². The molecule has 168 valence electrons. The number of hydrogen-bond acceptors (Lipinski definition) is 7. The molecule has 1 N–H and O–H groups in total. The molecule has 2 aromatic carbocycles. The summed E-state index contributed by atoms with van der Waals surface area (Å²) in [5.74, 6) is 1.51. The summed E-state index contributed by atoms with van der Waals surface area (Å²) in [4.78, 5) is 17.4. The van der Waals surface area contributed by atoms with E-state index >= 15 is 0 Å². The third kappa shape index (κ3) is 4.05. The van der Waals surface area contributed by atoms with Crippen LogP contribution in [0.1, 0.15) is 30.1 Å². The molecule has 0 radical (unpaired) electrons. The minimum atomic E-state index is -3.54. The third-order valence-electron chi connectivity index (χ3n) is 5.77. The number of carbonyl (C=O) groups is 1. The van der Waals surface area contributed by atoms with Gasteiger partial charge in [-0.1, -0.05) is 18.3 Å². The zero-order valence-corrected chi connectivity index (χ0v) is 19.2. The number of aromatic nitrogens is 1. The van der Waals surface area contributed by atoms with E-state index in [4.69, 9.17) is 9.47 Å². The fourth-order valence-corrected chi connectivity index (χ4v) is 6.18. The molecule has 2 aliphatic rings. The van der Waals surface area contributed by atoms with E-state index in [0.717, 1.165) is 17.5 Å². The number of carbonyl (C=O) groups excluding carboxylic acids is 1. The number of thiazole rings is 1. The van der Waals surface area contributed by atoms with Crippen LogP contribution in [0.15, 0.2) is 41.3 Å². The average molecular weight is 474 g/mol. The number of nitrogens with one attached hydrogen (secondary N) is 1. The summed E-state index contributed by atoms with van der Waals surface area (Å²) < 4.78 is 39.3. The fraction of sp³-hybridized carbons (Fsp3) is 0.364. The summed E-state index contributed by atoms with van der Waals surface area (Å²) in [6.45, 7) is 4.20. The van der Waals surface area contributed by atoms with Crippen LogP contribution in [-0.4, -0.2) is 49.9 Å². The molecule has 3 aromatic rings. The lowest BCUT2D eigenvalue weighted by Gasteiger charge is -2.29. The quantitative estimate of drug-likeness (QED) is 0.620. The number of fused-ring (bicyclic) bond motifs is 2. The van der Waals surface area contributed by atoms with Crippen molar-refractivity contribution >= 4 is 42.6 Å². The number of sulfonamides is 1. The molecular formula is C22H23N3O5S2. The van der Waals surface area contributed by atoms with Crippen molar-refractivity contribution in [2.24, 2.45) is 5.92 Å². The second-order valence-corrected chi connectivity index (χ2v) is 11.0. The van der Waals surface area contributed by atoms with E-state index in [9.17, 15) is 13.2 Å². The molecule has 3 heterocycles. The summed E-state index contributed by atoms with van der Waals surface area (Å²) >= 11 is 1.34. The standard InChI is InChI=1S/C22H23N3O5S2/c1-14-6-8-25(9-7-14)32(27,28)16-4-2-15(3-5-16)21(26)24-22-23-17-12-18-19(13-20(17)31-22)30-11-10-29-18/h2-5,12-14H,6-11H2,1H3,(H,23,24,26). The first-order valence-electron chi connectivity index (χ1n) is 10.5. The first-order chi connectivity index (χ1) is 15.4. The molecule has 0 bridgehead atoms. The van der Waals surface area contributed by atoms with Crippen molar-refractivity contribution in [2.45, 2.75) is 24.7 Å². The molecule has 32 heavy (non-hydrogen) atoms. The highest BCUT2D eigenvalue weighted by Gasteiger charge is 2.28. The van der Waals surface area contributed by atoms with Crippen molar-refractivity contribution in [1.82, 2.24) is 9.29 Å². The number of rotatable bonds is 4. The highest BCUT2D eigenvalue weighted by atomic mass is 32.2. The first kappa shape index (κ1) is 21.2. The molecule has 1 amide bonds. The van der Waals surface area contributed by atoms with Crippen LogP contribution >= 0.6 is 11.3 Å². The van der Waals surface area contributed by atoms with Crippen LogP contribution in [0.5, 0.6) is 11.5 Å². The molecule has 2 aliphatic heterocycles. The van der Waals surface area contributed by atoms with Crippen molar-refractivity contribution in [3.05, 3.63) is 42.0 Å². The van der Waals surface area contributed by atoms with Gasteiger partial charge in [-0.2, -0.15) is 4.31 Å². The molecule has 0 spiro atoms. The smallest absolute Gasteiger partial charge is 0.257 e. The second kappa shape index (κ2) is 8.34. The Morgan fingerprint density at radius 3 is 2.44 bits per heavy atom. The van der Waals surface area contributed by atoms with Gasteiger partial charge in [0.25, 0.3) is 5.91 Å². The molecule has 5 rings (SSSR count). The molecule has 1 fully saturated rings. The zero-order valence-electron chi connectivity index (χ0n) is 17.5. The van der Waals surface area contributed by atoms with E-state index in [1.165, 1.54) is 39.9 Å². The van der Waals surface area contributed by atoms with E-state index in [2.05, 4.69) is 17.2 Å². The lowest BCUT2D eigenvalue weighted by molar-refractivity contribution is 0.102. The van der Waals surface area contributed by atoms with Gasteiger partial charge in [0.15, 0.2) is 16.6 Å². The van der Waals surface area contributed by atoms with Crippen molar-refractivity contribution in [1.29, 1.82) is 0 Å². The molecule has 1 aromatic heterocycles. The molecule has 0 atom stereocenters. The van der Waals surface area contributed by atoms with Crippen LogP contribution in [0, 0.1) is 5.92 Å². The minimum absolute atomic E-state index is 0.203. The van der Waals surface area contributed by atoms with Crippen molar-refractivity contribution < 1.29 is 22.7 Å². The number of amides is 1. The topological polar surface area (TPSA) is 97.8 Å². The van der Waals surface area contributed by atoms with Gasteiger partial charge in [-0.05, 0) is 43.0 Å². The SMILES string of the molecule is CC1CCN(S(=O)(=O)c2ccc(C(=O)Nc3nc4cc5c(cc4s3)OCCO5)cc2)CC1. The van der Waals surface area contributed by atoms with E-state index in [1.807, 2.05) is 6.07 Å². The molecule has 1 saturated heterocycles. The molecule has 0 unspecified atom stereocenters. The summed E-state index contributed by atoms with van der Waals surface area (Å²) in [6, 6.07) is 9.70. The highest BCUT2D eigenvalue weighted by Crippen LogP contribution is 2.38. The summed E-state index contributed by atoms with van der Waals surface area (Å²) in [7, 11) is -3.54. The van der Waals surface area contributed by atoms with Gasteiger partial charge in [0.05, 0.1) is 15.1 Å². The van der Waals surface area contributed by atoms with E-state index in [1.54, 1.807) is 6.07 Å². The van der Waals surface area contributed by atoms with E-state index < -0.39 is 10.0 Å². The van der Waals surface area contributed by atoms with Crippen LogP contribution in [0.3, 0.4) is 0 Å². The molecule has 10 heteroatoms. The van der Waals surface area contributed by atoms with Gasteiger partial charge < -0.3 is 9.47 Å². The number of piperidine rings is 1. The largest absolute Gasteiger partial charge is 0.486 e. The number of hydrogen-bond donors (Lipinski definition) is 1. The van der Waals surface area contributed by atoms with Gasteiger partial charge in [0, 0.05) is 30.8 Å². The van der Waals surface area contributed by atoms with Gasteiger partial charge in [-0.3, -0.25) is 10.1 Å². The van der Waals surface area contributed by atoms with Crippen LogP contribution in [0.2, 0.25) is 0 Å². The maximum Gasteiger partial charge on any atom is 0.257 e. The average Bonchev–Trinajstić information content (AvgIpc) is 3.18. The lowest BCUT2D eigenvalue weighted by Crippen LogP contribution is -2.37. The van der Waals surface area contributed by atoms with Crippen LogP contribution in [0.25, 0.3) is 10.2 Å². The van der Waals surface area contributed by atoms with Crippen LogP contribution in [-0.2, 0) is 10.0 Å². The molecule has 0 saturated carbocycles.